The fourth-order valence-electron chi connectivity index (χ4n) is 4.08. The molecule has 1 N–H and O–H groups in total. The molecule has 0 aliphatic carbocycles. The minimum Gasteiger partial charge on any atom is -0.310 e. The van der Waals surface area contributed by atoms with Crippen molar-refractivity contribution in [2.75, 3.05) is 13.1 Å². The van der Waals surface area contributed by atoms with Crippen LogP contribution in [0.2, 0.25) is 0 Å². The van der Waals surface area contributed by atoms with Gasteiger partial charge in [0.05, 0.1) is 6.20 Å². The van der Waals surface area contributed by atoms with E-state index in [0.29, 0.717) is 17.0 Å². The molecule has 4 heterocycles. The lowest BCUT2D eigenvalue weighted by molar-refractivity contribution is 0.313. The first kappa shape index (κ1) is 18.7. The van der Waals surface area contributed by atoms with Gasteiger partial charge in [-0.2, -0.15) is 5.10 Å². The second-order valence-electron chi connectivity index (χ2n) is 7.98. The second kappa shape index (κ2) is 7.43. The number of hydrogen-bond acceptors (Lipinski definition) is 6. The van der Waals surface area contributed by atoms with Crippen molar-refractivity contribution in [3.8, 4) is 0 Å². The Labute approximate surface area is 164 Å². The van der Waals surface area contributed by atoms with Crippen LogP contribution in [0.25, 0.3) is 11.0 Å². The molecule has 3 aromatic rings. The third-order valence-electron chi connectivity index (χ3n) is 5.60. The molecule has 2 unspecified atom stereocenters. The molecule has 148 valence electrons. The van der Waals surface area contributed by atoms with E-state index in [-0.39, 0.29) is 17.5 Å². The number of aryl methyl sites for hydroxylation is 1. The lowest BCUT2D eigenvalue weighted by atomic mass is 9.93. The van der Waals surface area contributed by atoms with Crippen LogP contribution >= 0.6 is 0 Å². The summed E-state index contributed by atoms with van der Waals surface area (Å²) in [5, 5.41) is 4.90. The van der Waals surface area contributed by atoms with Gasteiger partial charge in [0.2, 0.25) is 0 Å². The summed E-state index contributed by atoms with van der Waals surface area (Å²) in [6, 6.07) is 0.156. The van der Waals surface area contributed by atoms with Crippen molar-refractivity contribution >= 4 is 11.0 Å². The molecular formula is C20H27N7O. The Hall–Kier alpha value is -2.61. The molecule has 0 bridgehead atoms. The number of H-pyrrole nitrogens is 1. The topological polar surface area (TPSA) is 92.6 Å². The van der Waals surface area contributed by atoms with Crippen molar-refractivity contribution in [2.24, 2.45) is 5.92 Å². The molecule has 2 atom stereocenters. The van der Waals surface area contributed by atoms with Crippen LogP contribution in [0.1, 0.15) is 56.4 Å². The predicted octanol–water partition coefficient (Wildman–Crippen LogP) is 2.42. The molecule has 1 aliphatic heterocycles. The molecule has 3 aromatic heterocycles. The SMILES string of the molecule is CCC1CN(Cc2cnc(C)nc2)CC1c1nc2c(cnn2C(C)C)c(=O)[nH]1. The van der Waals surface area contributed by atoms with Crippen molar-refractivity contribution < 1.29 is 0 Å². The monoisotopic (exact) mass is 381 g/mol. The molecule has 8 heteroatoms. The van der Waals surface area contributed by atoms with Crippen LogP contribution in [0.4, 0.5) is 0 Å². The summed E-state index contributed by atoms with van der Waals surface area (Å²) in [7, 11) is 0. The fraction of sp³-hybridized carbons (Fsp3) is 0.550. The average Bonchev–Trinajstić information content (AvgIpc) is 3.27. The van der Waals surface area contributed by atoms with E-state index in [0.717, 1.165) is 43.3 Å². The van der Waals surface area contributed by atoms with Gasteiger partial charge < -0.3 is 4.98 Å². The largest absolute Gasteiger partial charge is 0.310 e. The third kappa shape index (κ3) is 3.44. The highest BCUT2D eigenvalue weighted by Gasteiger charge is 2.34. The zero-order valence-corrected chi connectivity index (χ0v) is 16.9. The molecule has 0 aromatic carbocycles. The van der Waals surface area contributed by atoms with Crippen LogP contribution in [0.15, 0.2) is 23.4 Å². The summed E-state index contributed by atoms with van der Waals surface area (Å²) in [6.07, 6.45) is 6.44. The highest BCUT2D eigenvalue weighted by atomic mass is 16.1. The number of aromatic nitrogens is 6. The van der Waals surface area contributed by atoms with Crippen LogP contribution < -0.4 is 5.56 Å². The van der Waals surface area contributed by atoms with E-state index in [1.807, 2.05) is 37.8 Å². The van der Waals surface area contributed by atoms with Gasteiger partial charge in [-0.15, -0.1) is 0 Å². The first-order valence-corrected chi connectivity index (χ1v) is 9.93. The molecule has 0 spiro atoms. The first-order chi connectivity index (χ1) is 13.5. The predicted molar refractivity (Wildman–Crippen MR) is 107 cm³/mol. The Kier molecular flexibility index (Phi) is 4.97. The third-order valence-corrected chi connectivity index (χ3v) is 5.60. The van der Waals surface area contributed by atoms with Gasteiger partial charge in [-0.1, -0.05) is 13.3 Å². The van der Waals surface area contributed by atoms with E-state index in [4.69, 9.17) is 4.98 Å². The van der Waals surface area contributed by atoms with E-state index in [9.17, 15) is 4.79 Å². The maximum absolute atomic E-state index is 12.6. The zero-order valence-electron chi connectivity index (χ0n) is 16.9. The smallest absolute Gasteiger partial charge is 0.262 e. The molecular weight excluding hydrogens is 354 g/mol. The summed E-state index contributed by atoms with van der Waals surface area (Å²) in [6.45, 7) is 10.8. The molecule has 1 saturated heterocycles. The van der Waals surface area contributed by atoms with Gasteiger partial charge in [0.25, 0.3) is 5.56 Å². The number of nitrogens with one attached hydrogen (secondary N) is 1. The number of aromatic amines is 1. The second-order valence-corrected chi connectivity index (χ2v) is 7.98. The Morgan fingerprint density at radius 2 is 1.96 bits per heavy atom. The summed E-state index contributed by atoms with van der Waals surface area (Å²) < 4.78 is 1.82. The van der Waals surface area contributed by atoms with Crippen LogP contribution in [-0.4, -0.2) is 47.7 Å². The normalized spacial score (nSPS) is 20.5. The van der Waals surface area contributed by atoms with E-state index in [2.05, 4.69) is 31.9 Å². The highest BCUT2D eigenvalue weighted by molar-refractivity contribution is 5.73. The van der Waals surface area contributed by atoms with Gasteiger partial charge in [0.1, 0.15) is 17.0 Å². The molecule has 0 amide bonds. The highest BCUT2D eigenvalue weighted by Crippen LogP contribution is 2.33. The summed E-state index contributed by atoms with van der Waals surface area (Å²) in [4.78, 5) is 31.5. The van der Waals surface area contributed by atoms with Crippen LogP contribution in [0.5, 0.6) is 0 Å². The summed E-state index contributed by atoms with van der Waals surface area (Å²) >= 11 is 0. The fourth-order valence-corrected chi connectivity index (χ4v) is 4.08. The van der Waals surface area contributed by atoms with Crippen molar-refractivity contribution in [3.05, 3.63) is 46.2 Å². The van der Waals surface area contributed by atoms with Gasteiger partial charge in [-0.3, -0.25) is 9.69 Å². The van der Waals surface area contributed by atoms with Crippen molar-refractivity contribution in [1.82, 2.24) is 34.6 Å². The molecule has 28 heavy (non-hydrogen) atoms. The summed E-state index contributed by atoms with van der Waals surface area (Å²) in [5.41, 5.74) is 1.68. The number of rotatable bonds is 5. The minimum atomic E-state index is -0.105. The lowest BCUT2D eigenvalue weighted by Crippen LogP contribution is -2.22. The van der Waals surface area contributed by atoms with Crippen molar-refractivity contribution in [1.29, 1.82) is 0 Å². The van der Waals surface area contributed by atoms with Crippen molar-refractivity contribution in [2.45, 2.75) is 52.6 Å². The van der Waals surface area contributed by atoms with Gasteiger partial charge in [-0.05, 0) is 26.7 Å². The maximum Gasteiger partial charge on any atom is 0.262 e. The van der Waals surface area contributed by atoms with Gasteiger partial charge in [0, 0.05) is 49.6 Å². The molecule has 1 fully saturated rings. The Morgan fingerprint density at radius 1 is 1.21 bits per heavy atom. The van der Waals surface area contributed by atoms with Gasteiger partial charge in [0.15, 0.2) is 5.65 Å². The average molecular weight is 381 g/mol. The Morgan fingerprint density at radius 3 is 2.64 bits per heavy atom. The van der Waals surface area contributed by atoms with Gasteiger partial charge in [-0.25, -0.2) is 19.6 Å². The molecule has 8 nitrogen and oxygen atoms in total. The minimum absolute atomic E-state index is 0.105. The Bertz CT molecular complexity index is 1020. The van der Waals surface area contributed by atoms with Crippen molar-refractivity contribution in [3.63, 3.8) is 0 Å². The van der Waals surface area contributed by atoms with E-state index >= 15 is 0 Å². The molecule has 1 aliphatic rings. The number of likely N-dealkylation sites (tertiary alicyclic amines) is 1. The first-order valence-electron chi connectivity index (χ1n) is 9.93. The van der Waals surface area contributed by atoms with E-state index in [1.165, 1.54) is 0 Å². The molecule has 0 radical (unpaired) electrons. The molecule has 4 rings (SSSR count). The number of nitrogens with zero attached hydrogens (tertiary/aromatic N) is 6. The maximum atomic E-state index is 12.6. The van der Waals surface area contributed by atoms with Crippen LogP contribution in [-0.2, 0) is 6.54 Å². The standard InChI is InChI=1S/C20H27N7O/c1-5-15-10-26(9-14-6-21-13(4)22-7-14)11-17(15)18-24-19-16(20(28)25-18)8-23-27(19)12(2)3/h6-8,12,15,17H,5,9-11H2,1-4H3,(H,24,25,28). The zero-order chi connectivity index (χ0) is 19.8. The van der Waals surface area contributed by atoms with Gasteiger partial charge >= 0.3 is 0 Å². The van der Waals surface area contributed by atoms with E-state index in [1.54, 1.807) is 6.20 Å². The van der Waals surface area contributed by atoms with E-state index < -0.39 is 0 Å². The van der Waals surface area contributed by atoms with Crippen LogP contribution in [0, 0.1) is 12.8 Å². The quantitative estimate of drug-likeness (QED) is 0.730. The number of fused-ring (bicyclic) bond motifs is 1. The summed E-state index contributed by atoms with van der Waals surface area (Å²) in [5.74, 6) is 2.20. The molecule has 0 saturated carbocycles. The Balaban J connectivity index is 1.63. The lowest BCUT2D eigenvalue weighted by Gasteiger charge is -2.16. The number of hydrogen-bond donors (Lipinski definition) is 1. The van der Waals surface area contributed by atoms with Crippen LogP contribution in [0.3, 0.4) is 0 Å².